The predicted octanol–water partition coefficient (Wildman–Crippen LogP) is 7.42. The summed E-state index contributed by atoms with van der Waals surface area (Å²) in [6.07, 6.45) is 3.10. The number of nitrogens with zero attached hydrogens (tertiary/aromatic N) is 2. The van der Waals surface area contributed by atoms with Gasteiger partial charge in [-0.3, -0.25) is 0 Å². The Hall–Kier alpha value is -3.81. The van der Waals surface area contributed by atoms with Crippen LogP contribution in [0.1, 0.15) is 23.1 Å². The Kier molecular flexibility index (Phi) is 7.62. The Morgan fingerprint density at radius 3 is 2.33 bits per heavy atom. The van der Waals surface area contributed by atoms with Gasteiger partial charge in [0.2, 0.25) is 0 Å². The minimum atomic E-state index is -4.55. The molecule has 0 saturated carbocycles. The van der Waals surface area contributed by atoms with Gasteiger partial charge in [0.1, 0.15) is 5.82 Å². The molecule has 0 N–H and O–H groups in total. The first-order valence-electron chi connectivity index (χ1n) is 11.3. The maximum atomic E-state index is 15.2. The smallest absolute Gasteiger partial charge is 0.422 e. The molecule has 0 bridgehead atoms. The average molecular weight is 498 g/mol. The van der Waals surface area contributed by atoms with Crippen molar-refractivity contribution in [2.75, 3.05) is 6.61 Å². The predicted molar refractivity (Wildman–Crippen MR) is 129 cm³/mol. The highest BCUT2D eigenvalue weighted by Crippen LogP contribution is 2.27. The SMILES string of the molecule is C=CCCc1cnc(-c2ccc3c(F)c(CCc4ccc(OCC(F)(F)F)c(F)c4)ccc3c2)nc1. The second-order valence-corrected chi connectivity index (χ2v) is 8.39. The van der Waals surface area contributed by atoms with Crippen LogP contribution in [0.2, 0.25) is 0 Å². The number of allylic oxidation sites excluding steroid dienone is 1. The van der Waals surface area contributed by atoms with E-state index in [9.17, 15) is 17.6 Å². The molecule has 3 nitrogen and oxygen atoms in total. The molecule has 0 atom stereocenters. The summed E-state index contributed by atoms with van der Waals surface area (Å²) in [6.45, 7) is 2.14. The summed E-state index contributed by atoms with van der Waals surface area (Å²) in [5.41, 5.74) is 2.76. The number of aryl methyl sites for hydroxylation is 3. The van der Waals surface area contributed by atoms with Crippen LogP contribution in [0.3, 0.4) is 0 Å². The first kappa shape index (κ1) is 25.3. The van der Waals surface area contributed by atoms with Crippen LogP contribution in [-0.4, -0.2) is 22.8 Å². The van der Waals surface area contributed by atoms with E-state index in [1.54, 1.807) is 30.6 Å². The van der Waals surface area contributed by atoms with E-state index in [0.717, 1.165) is 36.1 Å². The molecule has 0 aliphatic heterocycles. The van der Waals surface area contributed by atoms with Crippen LogP contribution in [0.4, 0.5) is 22.0 Å². The number of hydrogen-bond donors (Lipinski definition) is 0. The van der Waals surface area contributed by atoms with Crippen molar-refractivity contribution in [2.45, 2.75) is 31.9 Å². The van der Waals surface area contributed by atoms with Gasteiger partial charge in [-0.1, -0.05) is 36.4 Å². The molecule has 0 amide bonds. The summed E-state index contributed by atoms with van der Waals surface area (Å²) in [4.78, 5) is 8.83. The van der Waals surface area contributed by atoms with Gasteiger partial charge in [0.15, 0.2) is 24.0 Å². The summed E-state index contributed by atoms with van der Waals surface area (Å²) < 4.78 is 70.6. The van der Waals surface area contributed by atoms with Gasteiger partial charge in [-0.2, -0.15) is 13.2 Å². The van der Waals surface area contributed by atoms with E-state index >= 15 is 4.39 Å². The van der Waals surface area contributed by atoms with E-state index in [1.165, 1.54) is 6.07 Å². The fourth-order valence-corrected chi connectivity index (χ4v) is 3.83. The zero-order valence-electron chi connectivity index (χ0n) is 19.3. The molecule has 0 aliphatic carbocycles. The molecular formula is C28H23F5N2O. The number of hydrogen-bond acceptors (Lipinski definition) is 3. The van der Waals surface area contributed by atoms with E-state index in [2.05, 4.69) is 21.3 Å². The average Bonchev–Trinajstić information content (AvgIpc) is 2.86. The van der Waals surface area contributed by atoms with Crippen LogP contribution < -0.4 is 4.74 Å². The third-order valence-corrected chi connectivity index (χ3v) is 5.71. The largest absolute Gasteiger partial charge is 0.481 e. The van der Waals surface area contributed by atoms with Crippen LogP contribution >= 0.6 is 0 Å². The molecule has 8 heteroatoms. The van der Waals surface area contributed by atoms with E-state index in [-0.39, 0.29) is 5.82 Å². The summed E-state index contributed by atoms with van der Waals surface area (Å²) in [6, 6.07) is 12.5. The van der Waals surface area contributed by atoms with E-state index < -0.39 is 24.3 Å². The minimum Gasteiger partial charge on any atom is -0.481 e. The highest BCUT2D eigenvalue weighted by Gasteiger charge is 2.29. The standard InChI is InChI=1S/C28H23F5N2O/c1-2-3-4-19-15-34-27(35-16-19)22-10-11-23-21(14-22)9-8-20(26(23)30)7-5-18-6-12-25(24(29)13-18)36-17-28(31,32)33/h2,6,8-16H,1,3-5,7,17H2. The molecule has 0 radical (unpaired) electrons. The van der Waals surface area contributed by atoms with Crippen LogP contribution in [0.25, 0.3) is 22.2 Å². The highest BCUT2D eigenvalue weighted by molar-refractivity contribution is 5.87. The quantitative estimate of drug-likeness (QED) is 0.178. The summed E-state index contributed by atoms with van der Waals surface area (Å²) >= 11 is 0. The first-order valence-corrected chi connectivity index (χ1v) is 11.3. The Bertz CT molecular complexity index is 1370. The molecule has 4 rings (SSSR count). The summed E-state index contributed by atoms with van der Waals surface area (Å²) in [5.74, 6) is -1.18. The monoisotopic (exact) mass is 498 g/mol. The van der Waals surface area contributed by atoms with Gasteiger partial charge in [-0.25, -0.2) is 18.7 Å². The number of alkyl halides is 3. The second kappa shape index (κ2) is 10.8. The molecule has 0 unspecified atom stereocenters. The van der Waals surface area contributed by atoms with Gasteiger partial charge >= 0.3 is 6.18 Å². The topological polar surface area (TPSA) is 35.0 Å². The molecule has 0 spiro atoms. The van der Waals surface area contributed by atoms with E-state index in [4.69, 9.17) is 0 Å². The van der Waals surface area contributed by atoms with Crippen LogP contribution in [0.15, 0.2) is 73.6 Å². The van der Waals surface area contributed by atoms with Crippen LogP contribution in [0.5, 0.6) is 5.75 Å². The maximum absolute atomic E-state index is 15.2. The molecule has 186 valence electrons. The minimum absolute atomic E-state index is 0.293. The van der Waals surface area contributed by atoms with Crippen LogP contribution in [0, 0.1) is 11.6 Å². The van der Waals surface area contributed by atoms with Gasteiger partial charge in [0.25, 0.3) is 0 Å². The lowest BCUT2D eigenvalue weighted by atomic mass is 9.99. The van der Waals surface area contributed by atoms with Crippen molar-refractivity contribution < 1.29 is 26.7 Å². The van der Waals surface area contributed by atoms with Crippen LogP contribution in [-0.2, 0) is 19.3 Å². The third-order valence-electron chi connectivity index (χ3n) is 5.71. The number of halogens is 5. The Labute approximate surface area is 205 Å². The van der Waals surface area contributed by atoms with Gasteiger partial charge in [-0.05, 0) is 66.0 Å². The fourth-order valence-electron chi connectivity index (χ4n) is 3.83. The highest BCUT2D eigenvalue weighted by atomic mass is 19.4. The van der Waals surface area contributed by atoms with Crippen molar-refractivity contribution in [1.82, 2.24) is 9.97 Å². The first-order chi connectivity index (χ1) is 17.2. The molecule has 4 aromatic rings. The fraction of sp³-hybridized carbons (Fsp3) is 0.214. The Balaban J connectivity index is 1.46. The summed E-state index contributed by atoms with van der Waals surface area (Å²) in [5, 5.41) is 1.14. The number of aromatic nitrogens is 2. The van der Waals surface area contributed by atoms with E-state index in [0.29, 0.717) is 40.6 Å². The van der Waals surface area contributed by atoms with Crippen molar-refractivity contribution in [2.24, 2.45) is 0 Å². The number of ether oxygens (including phenoxy) is 1. The number of rotatable bonds is 9. The second-order valence-electron chi connectivity index (χ2n) is 8.39. The van der Waals surface area contributed by atoms with Crippen molar-refractivity contribution >= 4 is 10.8 Å². The molecule has 1 heterocycles. The van der Waals surface area contributed by atoms with E-state index in [1.807, 2.05) is 18.2 Å². The lowest BCUT2D eigenvalue weighted by molar-refractivity contribution is -0.153. The Morgan fingerprint density at radius 1 is 0.861 bits per heavy atom. The summed E-state index contributed by atoms with van der Waals surface area (Å²) in [7, 11) is 0. The molecule has 1 aromatic heterocycles. The molecular weight excluding hydrogens is 475 g/mol. The maximum Gasteiger partial charge on any atom is 0.422 e. The molecule has 3 aromatic carbocycles. The van der Waals surface area contributed by atoms with Crippen molar-refractivity contribution in [3.8, 4) is 17.1 Å². The molecule has 0 saturated heterocycles. The molecule has 36 heavy (non-hydrogen) atoms. The zero-order valence-corrected chi connectivity index (χ0v) is 19.3. The zero-order chi connectivity index (χ0) is 25.7. The van der Waals surface area contributed by atoms with Gasteiger partial charge in [-0.15, -0.1) is 6.58 Å². The van der Waals surface area contributed by atoms with Gasteiger partial charge in [0, 0.05) is 23.3 Å². The van der Waals surface area contributed by atoms with Crippen molar-refractivity contribution in [1.29, 1.82) is 0 Å². The van der Waals surface area contributed by atoms with Gasteiger partial charge < -0.3 is 4.74 Å². The number of benzene rings is 3. The Morgan fingerprint density at radius 2 is 1.64 bits per heavy atom. The molecule has 0 aliphatic rings. The lowest BCUT2D eigenvalue weighted by Crippen LogP contribution is -2.19. The van der Waals surface area contributed by atoms with Gasteiger partial charge in [0.05, 0.1) is 0 Å². The lowest BCUT2D eigenvalue weighted by Gasteiger charge is -2.11. The van der Waals surface area contributed by atoms with Crippen molar-refractivity contribution in [3.05, 3.63) is 102 Å². The van der Waals surface area contributed by atoms with Crippen molar-refractivity contribution in [3.63, 3.8) is 0 Å². The molecule has 0 fully saturated rings. The number of fused-ring (bicyclic) bond motifs is 1. The normalized spacial score (nSPS) is 11.6. The third kappa shape index (κ3) is 6.24.